The van der Waals surface area contributed by atoms with Crippen LogP contribution in [0.5, 0.6) is 11.5 Å². The summed E-state index contributed by atoms with van der Waals surface area (Å²) in [5, 5.41) is 12.1. The highest BCUT2D eigenvalue weighted by atomic mass is 32.1. The minimum absolute atomic E-state index is 0.332. The van der Waals surface area contributed by atoms with E-state index in [1.807, 2.05) is 18.2 Å². The molecule has 0 fully saturated rings. The summed E-state index contributed by atoms with van der Waals surface area (Å²) in [6, 6.07) is 5.64. The fraction of sp³-hybridized carbons (Fsp3) is 0.273. The number of aromatic hydroxyl groups is 1. The molecule has 15 heavy (non-hydrogen) atoms. The third kappa shape index (κ3) is 2.22. The van der Waals surface area contributed by atoms with Crippen LogP contribution in [-0.4, -0.2) is 25.4 Å². The molecule has 0 amide bonds. The maximum atomic E-state index is 9.47. The molecule has 0 bridgehead atoms. The van der Waals surface area contributed by atoms with Gasteiger partial charge in [0.25, 0.3) is 0 Å². The molecule has 0 aliphatic heterocycles. The van der Waals surface area contributed by atoms with Crippen molar-refractivity contribution >= 4 is 21.4 Å². The fourth-order valence-corrected chi connectivity index (χ4v) is 2.18. The van der Waals surface area contributed by atoms with E-state index in [0.717, 1.165) is 15.8 Å². The summed E-state index contributed by atoms with van der Waals surface area (Å²) in [5.74, 6) is 1.14. The van der Waals surface area contributed by atoms with Crippen LogP contribution < -0.4 is 4.74 Å². The number of fused-ring (bicyclic) bond motifs is 1. The van der Waals surface area contributed by atoms with Crippen molar-refractivity contribution in [3.63, 3.8) is 0 Å². The second-order valence-corrected chi connectivity index (χ2v) is 4.03. The van der Waals surface area contributed by atoms with Crippen molar-refractivity contribution in [2.75, 3.05) is 20.3 Å². The van der Waals surface area contributed by atoms with Crippen molar-refractivity contribution in [1.29, 1.82) is 0 Å². The fourth-order valence-electron chi connectivity index (χ4n) is 1.33. The van der Waals surface area contributed by atoms with Crippen LogP contribution in [0.25, 0.3) is 10.1 Å². The maximum Gasteiger partial charge on any atom is 0.134 e. The van der Waals surface area contributed by atoms with Crippen LogP contribution in [0.3, 0.4) is 0 Å². The van der Waals surface area contributed by atoms with Crippen molar-refractivity contribution < 1.29 is 14.6 Å². The highest BCUT2D eigenvalue weighted by molar-refractivity contribution is 7.17. The Kier molecular flexibility index (Phi) is 3.08. The van der Waals surface area contributed by atoms with Crippen LogP contribution in [-0.2, 0) is 4.74 Å². The molecule has 0 saturated carbocycles. The predicted octanol–water partition coefficient (Wildman–Crippen LogP) is 2.63. The second kappa shape index (κ2) is 4.51. The molecule has 2 rings (SSSR count). The number of thiophene rings is 1. The van der Waals surface area contributed by atoms with E-state index in [1.165, 1.54) is 11.3 Å². The average Bonchev–Trinajstić information content (AvgIpc) is 2.61. The summed E-state index contributed by atoms with van der Waals surface area (Å²) in [5.41, 5.74) is 0. The molecule has 0 saturated heterocycles. The molecule has 80 valence electrons. The Morgan fingerprint density at radius 3 is 3.00 bits per heavy atom. The van der Waals surface area contributed by atoms with Crippen LogP contribution in [0.2, 0.25) is 0 Å². The Morgan fingerprint density at radius 1 is 1.33 bits per heavy atom. The molecule has 1 aromatic heterocycles. The number of ether oxygens (including phenoxy) is 2. The summed E-state index contributed by atoms with van der Waals surface area (Å²) < 4.78 is 11.4. The number of benzene rings is 1. The predicted molar refractivity (Wildman–Crippen MR) is 60.9 cm³/mol. The van der Waals surface area contributed by atoms with Gasteiger partial charge in [-0.15, -0.1) is 11.3 Å². The van der Waals surface area contributed by atoms with Crippen molar-refractivity contribution in [2.45, 2.75) is 0 Å². The summed E-state index contributed by atoms with van der Waals surface area (Å²) in [4.78, 5) is 0. The van der Waals surface area contributed by atoms with Crippen molar-refractivity contribution in [3.8, 4) is 11.5 Å². The first-order chi connectivity index (χ1) is 7.31. The first-order valence-electron chi connectivity index (χ1n) is 4.63. The van der Waals surface area contributed by atoms with Gasteiger partial charge in [-0.2, -0.15) is 0 Å². The molecule has 3 nitrogen and oxygen atoms in total. The zero-order valence-electron chi connectivity index (χ0n) is 8.40. The zero-order valence-corrected chi connectivity index (χ0v) is 9.21. The number of rotatable bonds is 4. The van der Waals surface area contributed by atoms with Crippen LogP contribution in [0.1, 0.15) is 0 Å². The molecule has 0 aliphatic carbocycles. The maximum absolute atomic E-state index is 9.47. The van der Waals surface area contributed by atoms with Gasteiger partial charge in [0.05, 0.1) is 6.61 Å². The first-order valence-corrected chi connectivity index (χ1v) is 5.51. The molecular formula is C11H12O3S. The molecule has 1 aromatic carbocycles. The van der Waals surface area contributed by atoms with E-state index >= 15 is 0 Å². The number of hydrogen-bond donors (Lipinski definition) is 1. The number of hydrogen-bond acceptors (Lipinski definition) is 4. The van der Waals surface area contributed by atoms with E-state index in [1.54, 1.807) is 12.5 Å². The topological polar surface area (TPSA) is 38.7 Å². The van der Waals surface area contributed by atoms with E-state index in [2.05, 4.69) is 0 Å². The first kappa shape index (κ1) is 10.3. The smallest absolute Gasteiger partial charge is 0.134 e. The van der Waals surface area contributed by atoms with Crippen LogP contribution in [0.4, 0.5) is 0 Å². The van der Waals surface area contributed by atoms with E-state index in [-0.39, 0.29) is 0 Å². The molecule has 0 unspecified atom stereocenters. The summed E-state index contributed by atoms with van der Waals surface area (Å²) in [6.45, 7) is 1.12. The van der Waals surface area contributed by atoms with Gasteiger partial charge >= 0.3 is 0 Å². The minimum Gasteiger partial charge on any atom is -0.506 e. The molecular weight excluding hydrogens is 212 g/mol. The van der Waals surface area contributed by atoms with Gasteiger partial charge in [0.2, 0.25) is 0 Å². The molecule has 2 aromatic rings. The summed E-state index contributed by atoms with van der Waals surface area (Å²) in [6.07, 6.45) is 0. The van der Waals surface area contributed by atoms with Gasteiger partial charge in [-0.1, -0.05) is 0 Å². The Hall–Kier alpha value is -1.26. The van der Waals surface area contributed by atoms with Gasteiger partial charge < -0.3 is 14.6 Å². The molecule has 0 atom stereocenters. The third-order valence-electron chi connectivity index (χ3n) is 2.08. The van der Waals surface area contributed by atoms with Crippen LogP contribution >= 0.6 is 11.3 Å². The van der Waals surface area contributed by atoms with Crippen molar-refractivity contribution in [2.24, 2.45) is 0 Å². The van der Waals surface area contributed by atoms with Crippen LogP contribution in [0, 0.1) is 0 Å². The highest BCUT2D eigenvalue weighted by Crippen LogP contribution is 2.33. The quantitative estimate of drug-likeness (QED) is 0.811. The third-order valence-corrected chi connectivity index (χ3v) is 3.02. The van der Waals surface area contributed by atoms with Gasteiger partial charge in [-0.05, 0) is 18.2 Å². The summed E-state index contributed by atoms with van der Waals surface area (Å²) in [7, 11) is 1.64. The van der Waals surface area contributed by atoms with Gasteiger partial charge in [-0.3, -0.25) is 0 Å². The molecule has 0 aliphatic rings. The zero-order chi connectivity index (χ0) is 10.7. The van der Waals surface area contributed by atoms with E-state index in [4.69, 9.17) is 9.47 Å². The van der Waals surface area contributed by atoms with Crippen molar-refractivity contribution in [3.05, 3.63) is 23.6 Å². The Balaban J connectivity index is 2.16. The Labute approximate surface area is 91.9 Å². The van der Waals surface area contributed by atoms with Gasteiger partial charge in [0, 0.05) is 22.6 Å². The Bertz CT molecular complexity index is 450. The van der Waals surface area contributed by atoms with Crippen molar-refractivity contribution in [1.82, 2.24) is 0 Å². The molecule has 1 N–H and O–H groups in total. The molecule has 0 radical (unpaired) electrons. The molecule has 4 heteroatoms. The molecule has 0 spiro atoms. The van der Waals surface area contributed by atoms with Gasteiger partial charge in [0.1, 0.15) is 18.1 Å². The lowest BCUT2D eigenvalue weighted by Crippen LogP contribution is -2.03. The largest absolute Gasteiger partial charge is 0.506 e. The highest BCUT2D eigenvalue weighted by Gasteiger charge is 2.03. The van der Waals surface area contributed by atoms with Crippen LogP contribution in [0.15, 0.2) is 23.6 Å². The van der Waals surface area contributed by atoms with Gasteiger partial charge in [0.15, 0.2) is 0 Å². The van der Waals surface area contributed by atoms with E-state index < -0.39 is 0 Å². The second-order valence-electron chi connectivity index (χ2n) is 3.12. The standard InChI is InChI=1S/C11H12O3S/c1-13-4-5-14-8-2-3-9-10(12)7-15-11(9)6-8/h2-3,6-7,12H,4-5H2,1H3. The SMILES string of the molecule is COCCOc1ccc2c(O)csc2c1. The minimum atomic E-state index is 0.332. The lowest BCUT2D eigenvalue weighted by atomic mass is 10.2. The lowest BCUT2D eigenvalue weighted by Gasteiger charge is -2.04. The summed E-state index contributed by atoms with van der Waals surface area (Å²) >= 11 is 1.51. The monoisotopic (exact) mass is 224 g/mol. The lowest BCUT2D eigenvalue weighted by molar-refractivity contribution is 0.146. The average molecular weight is 224 g/mol. The molecule has 1 heterocycles. The number of methoxy groups -OCH3 is 1. The normalized spacial score (nSPS) is 10.7. The Morgan fingerprint density at radius 2 is 2.20 bits per heavy atom. The van der Waals surface area contributed by atoms with E-state index in [9.17, 15) is 5.11 Å². The van der Waals surface area contributed by atoms with Gasteiger partial charge in [-0.25, -0.2) is 0 Å². The van der Waals surface area contributed by atoms with E-state index in [0.29, 0.717) is 19.0 Å².